The summed E-state index contributed by atoms with van der Waals surface area (Å²) in [6.45, 7) is 13.2. The number of piperidine rings is 1. The van der Waals surface area contributed by atoms with Crippen LogP contribution in [-0.2, 0) is 0 Å². The Morgan fingerprint density at radius 3 is 2.36 bits per heavy atom. The molecule has 0 atom stereocenters. The molecule has 2 heteroatoms. The SMILES string of the molecule is CCCN(CC)CC1(C)CCNCC1. The number of rotatable bonds is 5. The van der Waals surface area contributed by atoms with Crippen molar-refractivity contribution in [1.29, 1.82) is 0 Å². The first-order valence-corrected chi connectivity index (χ1v) is 6.13. The first-order valence-electron chi connectivity index (χ1n) is 6.13. The first kappa shape index (κ1) is 12.0. The van der Waals surface area contributed by atoms with E-state index in [9.17, 15) is 0 Å². The Bertz CT molecular complexity index is 150. The highest BCUT2D eigenvalue weighted by Crippen LogP contribution is 2.28. The van der Waals surface area contributed by atoms with Gasteiger partial charge in [-0.3, -0.25) is 0 Å². The molecule has 0 spiro atoms. The molecule has 2 nitrogen and oxygen atoms in total. The number of nitrogens with one attached hydrogen (secondary N) is 1. The normalized spacial score (nSPS) is 21.4. The highest BCUT2D eigenvalue weighted by molar-refractivity contribution is 4.83. The highest BCUT2D eigenvalue weighted by Gasteiger charge is 2.28. The van der Waals surface area contributed by atoms with Gasteiger partial charge in [0, 0.05) is 6.54 Å². The maximum atomic E-state index is 3.44. The van der Waals surface area contributed by atoms with Crippen molar-refractivity contribution in [2.75, 3.05) is 32.7 Å². The van der Waals surface area contributed by atoms with E-state index in [1.54, 1.807) is 0 Å². The van der Waals surface area contributed by atoms with E-state index >= 15 is 0 Å². The molecule has 0 saturated carbocycles. The van der Waals surface area contributed by atoms with Gasteiger partial charge in [0.2, 0.25) is 0 Å². The summed E-state index contributed by atoms with van der Waals surface area (Å²) in [4.78, 5) is 2.60. The van der Waals surface area contributed by atoms with E-state index in [1.807, 2.05) is 0 Å². The lowest BCUT2D eigenvalue weighted by molar-refractivity contribution is 0.132. The second kappa shape index (κ2) is 5.72. The molecule has 0 radical (unpaired) electrons. The zero-order valence-electron chi connectivity index (χ0n) is 10.1. The van der Waals surface area contributed by atoms with E-state index in [2.05, 4.69) is 31.0 Å². The van der Waals surface area contributed by atoms with Crippen LogP contribution < -0.4 is 5.32 Å². The summed E-state index contributed by atoms with van der Waals surface area (Å²) in [5, 5.41) is 3.44. The van der Waals surface area contributed by atoms with Gasteiger partial charge in [0.05, 0.1) is 0 Å². The largest absolute Gasteiger partial charge is 0.317 e. The Hall–Kier alpha value is -0.0800. The fourth-order valence-electron chi connectivity index (χ4n) is 2.39. The second-order valence-corrected chi connectivity index (χ2v) is 4.93. The van der Waals surface area contributed by atoms with Gasteiger partial charge in [-0.2, -0.15) is 0 Å². The van der Waals surface area contributed by atoms with Crippen LogP contribution in [-0.4, -0.2) is 37.6 Å². The third-order valence-electron chi connectivity index (χ3n) is 3.40. The predicted octanol–water partition coefficient (Wildman–Crippen LogP) is 2.11. The number of nitrogens with zero attached hydrogens (tertiary/aromatic N) is 1. The van der Waals surface area contributed by atoms with Crippen LogP contribution in [0.25, 0.3) is 0 Å². The van der Waals surface area contributed by atoms with Gasteiger partial charge in [-0.05, 0) is 50.9 Å². The Morgan fingerprint density at radius 1 is 1.21 bits per heavy atom. The Morgan fingerprint density at radius 2 is 1.86 bits per heavy atom. The summed E-state index contributed by atoms with van der Waals surface area (Å²) in [6, 6.07) is 0. The summed E-state index contributed by atoms with van der Waals surface area (Å²) in [7, 11) is 0. The zero-order valence-corrected chi connectivity index (χ0v) is 10.1. The van der Waals surface area contributed by atoms with Gasteiger partial charge in [-0.15, -0.1) is 0 Å². The Labute approximate surface area is 89.1 Å². The van der Waals surface area contributed by atoms with E-state index in [4.69, 9.17) is 0 Å². The van der Waals surface area contributed by atoms with Crippen molar-refractivity contribution in [3.05, 3.63) is 0 Å². The molecule has 0 unspecified atom stereocenters. The van der Waals surface area contributed by atoms with E-state index in [0.717, 1.165) is 0 Å². The summed E-state index contributed by atoms with van der Waals surface area (Å²) in [5.74, 6) is 0. The molecule has 1 rings (SSSR count). The molecule has 0 aromatic heterocycles. The standard InChI is InChI=1S/C12H26N2/c1-4-10-14(5-2)11-12(3)6-8-13-9-7-12/h13H,4-11H2,1-3H3. The maximum Gasteiger partial charge on any atom is 0.00362 e. The molecule has 1 heterocycles. The number of hydrogen-bond acceptors (Lipinski definition) is 2. The van der Waals surface area contributed by atoms with Crippen molar-refractivity contribution in [1.82, 2.24) is 10.2 Å². The van der Waals surface area contributed by atoms with Gasteiger partial charge in [0.1, 0.15) is 0 Å². The molecule has 1 N–H and O–H groups in total. The summed E-state index contributed by atoms with van der Waals surface area (Å²) in [5.41, 5.74) is 0.566. The average Bonchev–Trinajstić information content (AvgIpc) is 2.18. The molecule has 0 aromatic carbocycles. The van der Waals surface area contributed by atoms with Gasteiger partial charge in [0.25, 0.3) is 0 Å². The lowest BCUT2D eigenvalue weighted by atomic mass is 9.80. The van der Waals surface area contributed by atoms with Gasteiger partial charge in [0.15, 0.2) is 0 Å². The molecule has 84 valence electrons. The molecular weight excluding hydrogens is 172 g/mol. The molecule has 0 bridgehead atoms. The van der Waals surface area contributed by atoms with E-state index in [-0.39, 0.29) is 0 Å². The summed E-state index contributed by atoms with van der Waals surface area (Å²) >= 11 is 0. The van der Waals surface area contributed by atoms with Crippen LogP contribution in [0.15, 0.2) is 0 Å². The third kappa shape index (κ3) is 3.58. The molecule has 1 fully saturated rings. The highest BCUT2D eigenvalue weighted by atomic mass is 15.1. The van der Waals surface area contributed by atoms with Crippen molar-refractivity contribution in [3.8, 4) is 0 Å². The molecular formula is C12H26N2. The molecule has 0 aliphatic carbocycles. The van der Waals surface area contributed by atoms with Gasteiger partial charge >= 0.3 is 0 Å². The molecule has 1 saturated heterocycles. The van der Waals surface area contributed by atoms with Crippen LogP contribution in [0.4, 0.5) is 0 Å². The maximum absolute atomic E-state index is 3.44. The Balaban J connectivity index is 2.38. The minimum atomic E-state index is 0.566. The number of hydrogen-bond donors (Lipinski definition) is 1. The van der Waals surface area contributed by atoms with Crippen LogP contribution >= 0.6 is 0 Å². The minimum absolute atomic E-state index is 0.566. The lowest BCUT2D eigenvalue weighted by Crippen LogP contribution is -2.43. The lowest BCUT2D eigenvalue weighted by Gasteiger charge is -2.38. The van der Waals surface area contributed by atoms with Crippen LogP contribution in [0, 0.1) is 5.41 Å². The average molecular weight is 198 g/mol. The molecule has 1 aliphatic rings. The van der Waals surface area contributed by atoms with Crippen molar-refractivity contribution in [2.45, 2.75) is 40.0 Å². The summed E-state index contributed by atoms with van der Waals surface area (Å²) in [6.07, 6.45) is 3.96. The zero-order chi connectivity index (χ0) is 10.4. The van der Waals surface area contributed by atoms with Crippen LogP contribution in [0.5, 0.6) is 0 Å². The third-order valence-corrected chi connectivity index (χ3v) is 3.40. The molecule has 1 aliphatic heterocycles. The summed E-state index contributed by atoms with van der Waals surface area (Å²) < 4.78 is 0. The van der Waals surface area contributed by atoms with Crippen molar-refractivity contribution >= 4 is 0 Å². The van der Waals surface area contributed by atoms with Crippen LogP contribution in [0.3, 0.4) is 0 Å². The van der Waals surface area contributed by atoms with Crippen molar-refractivity contribution in [3.63, 3.8) is 0 Å². The van der Waals surface area contributed by atoms with E-state index < -0.39 is 0 Å². The Kier molecular flexibility index (Phi) is 4.90. The smallest absolute Gasteiger partial charge is 0.00362 e. The van der Waals surface area contributed by atoms with Crippen molar-refractivity contribution < 1.29 is 0 Å². The fourth-order valence-corrected chi connectivity index (χ4v) is 2.39. The predicted molar refractivity (Wildman–Crippen MR) is 62.6 cm³/mol. The quantitative estimate of drug-likeness (QED) is 0.728. The van der Waals surface area contributed by atoms with Crippen LogP contribution in [0.1, 0.15) is 40.0 Å². The van der Waals surface area contributed by atoms with E-state index in [1.165, 1.54) is 52.0 Å². The second-order valence-electron chi connectivity index (χ2n) is 4.93. The van der Waals surface area contributed by atoms with Crippen molar-refractivity contribution in [2.24, 2.45) is 5.41 Å². The van der Waals surface area contributed by atoms with Gasteiger partial charge in [-0.1, -0.05) is 20.8 Å². The van der Waals surface area contributed by atoms with Gasteiger partial charge < -0.3 is 10.2 Å². The molecule has 0 amide bonds. The monoisotopic (exact) mass is 198 g/mol. The van der Waals surface area contributed by atoms with Gasteiger partial charge in [-0.25, -0.2) is 0 Å². The van der Waals surface area contributed by atoms with E-state index in [0.29, 0.717) is 5.41 Å². The minimum Gasteiger partial charge on any atom is -0.317 e. The molecule has 14 heavy (non-hydrogen) atoms. The fraction of sp³-hybridized carbons (Fsp3) is 1.00. The first-order chi connectivity index (χ1) is 6.70. The topological polar surface area (TPSA) is 15.3 Å². The molecule has 0 aromatic rings. The van der Waals surface area contributed by atoms with Crippen LogP contribution in [0.2, 0.25) is 0 Å².